The SMILES string of the molecule is CCS(=O)(=O)c1ccccc1C(=O)OCC(=O)NCCSc1ccccc1. The van der Waals surface area contributed by atoms with E-state index in [0.717, 1.165) is 4.90 Å². The lowest BCUT2D eigenvalue weighted by molar-refractivity contribution is -0.124. The Morgan fingerprint density at radius 3 is 2.41 bits per heavy atom. The van der Waals surface area contributed by atoms with Crippen molar-refractivity contribution in [3.8, 4) is 0 Å². The van der Waals surface area contributed by atoms with Crippen LogP contribution in [-0.4, -0.2) is 45.0 Å². The minimum atomic E-state index is -3.56. The predicted molar refractivity (Wildman–Crippen MR) is 105 cm³/mol. The first-order valence-corrected chi connectivity index (χ1v) is 11.0. The maximum Gasteiger partial charge on any atom is 0.339 e. The van der Waals surface area contributed by atoms with Gasteiger partial charge in [0.2, 0.25) is 0 Å². The Morgan fingerprint density at radius 1 is 1.04 bits per heavy atom. The number of benzene rings is 2. The van der Waals surface area contributed by atoms with Crippen molar-refractivity contribution in [1.82, 2.24) is 5.32 Å². The van der Waals surface area contributed by atoms with Crippen LogP contribution < -0.4 is 5.32 Å². The van der Waals surface area contributed by atoms with Crippen LogP contribution in [-0.2, 0) is 19.4 Å². The Balaban J connectivity index is 1.81. The summed E-state index contributed by atoms with van der Waals surface area (Å²) in [5.74, 6) is -0.720. The lowest BCUT2D eigenvalue weighted by Crippen LogP contribution is -2.30. The summed E-state index contributed by atoms with van der Waals surface area (Å²) in [6.45, 7) is 1.46. The molecular formula is C19H21NO5S2. The zero-order valence-corrected chi connectivity index (χ0v) is 16.5. The summed E-state index contributed by atoms with van der Waals surface area (Å²) in [4.78, 5) is 25.0. The van der Waals surface area contributed by atoms with Crippen molar-refractivity contribution in [1.29, 1.82) is 0 Å². The number of carbonyl (C=O) groups is 2. The molecule has 27 heavy (non-hydrogen) atoms. The number of hydrogen-bond acceptors (Lipinski definition) is 6. The van der Waals surface area contributed by atoms with Crippen molar-refractivity contribution >= 4 is 33.5 Å². The monoisotopic (exact) mass is 407 g/mol. The second kappa shape index (κ2) is 10.1. The van der Waals surface area contributed by atoms with E-state index in [4.69, 9.17) is 4.74 Å². The zero-order valence-electron chi connectivity index (χ0n) is 14.9. The molecule has 0 radical (unpaired) electrons. The van der Waals surface area contributed by atoms with Crippen molar-refractivity contribution < 1.29 is 22.7 Å². The number of ether oxygens (including phenoxy) is 1. The molecule has 0 unspecified atom stereocenters. The van der Waals surface area contributed by atoms with Gasteiger partial charge in [-0.25, -0.2) is 13.2 Å². The van der Waals surface area contributed by atoms with Gasteiger partial charge in [0.1, 0.15) is 0 Å². The van der Waals surface area contributed by atoms with E-state index in [-0.39, 0.29) is 16.2 Å². The minimum Gasteiger partial charge on any atom is -0.452 e. The van der Waals surface area contributed by atoms with Crippen molar-refractivity contribution in [2.45, 2.75) is 16.7 Å². The van der Waals surface area contributed by atoms with Crippen LogP contribution in [0, 0.1) is 0 Å². The highest BCUT2D eigenvalue weighted by Gasteiger charge is 2.22. The molecule has 1 amide bonds. The minimum absolute atomic E-state index is 0.0632. The number of carbonyl (C=O) groups excluding carboxylic acids is 2. The highest BCUT2D eigenvalue weighted by atomic mass is 32.2. The van der Waals surface area contributed by atoms with Crippen molar-refractivity contribution in [2.24, 2.45) is 0 Å². The third-order valence-corrected chi connectivity index (χ3v) is 6.39. The molecule has 0 saturated carbocycles. The van der Waals surface area contributed by atoms with Gasteiger partial charge >= 0.3 is 5.97 Å². The van der Waals surface area contributed by atoms with Crippen LogP contribution in [0.1, 0.15) is 17.3 Å². The Bertz CT molecular complexity index is 882. The van der Waals surface area contributed by atoms with E-state index in [1.54, 1.807) is 17.8 Å². The Hall–Kier alpha value is -2.32. The maximum absolute atomic E-state index is 12.2. The van der Waals surface area contributed by atoms with Gasteiger partial charge in [-0.1, -0.05) is 37.3 Å². The maximum atomic E-state index is 12.2. The molecule has 1 N–H and O–H groups in total. The number of amides is 1. The summed E-state index contributed by atoms with van der Waals surface area (Å²) < 4.78 is 29.1. The van der Waals surface area contributed by atoms with Crippen LogP contribution in [0.4, 0.5) is 0 Å². The van der Waals surface area contributed by atoms with Crippen molar-refractivity contribution in [3.63, 3.8) is 0 Å². The fourth-order valence-electron chi connectivity index (χ4n) is 2.20. The lowest BCUT2D eigenvalue weighted by Gasteiger charge is -2.10. The number of rotatable bonds is 9. The third-order valence-electron chi connectivity index (χ3n) is 3.59. The van der Waals surface area contributed by atoms with Gasteiger partial charge in [-0.15, -0.1) is 11.8 Å². The number of thioether (sulfide) groups is 1. The Labute approximate surface area is 163 Å². The second-order valence-corrected chi connectivity index (χ2v) is 8.90. The summed E-state index contributed by atoms with van der Waals surface area (Å²) in [7, 11) is -3.56. The molecule has 0 aliphatic rings. The Kier molecular flexibility index (Phi) is 7.87. The molecular weight excluding hydrogens is 386 g/mol. The standard InChI is InChI=1S/C19H21NO5S2/c1-2-27(23,24)17-11-7-6-10-16(17)19(22)25-14-18(21)20-12-13-26-15-8-4-3-5-9-15/h3-11H,2,12-14H2,1H3,(H,20,21). The third kappa shape index (κ3) is 6.41. The zero-order chi connectivity index (χ0) is 19.7. The van der Waals surface area contributed by atoms with E-state index >= 15 is 0 Å². The summed E-state index contributed by atoms with van der Waals surface area (Å²) in [5, 5.41) is 2.66. The first kappa shape index (κ1) is 21.0. The van der Waals surface area contributed by atoms with Gasteiger partial charge in [-0.2, -0.15) is 0 Å². The van der Waals surface area contributed by atoms with Gasteiger partial charge < -0.3 is 10.1 Å². The molecule has 144 valence electrons. The predicted octanol–water partition coefficient (Wildman–Crippen LogP) is 2.55. The average molecular weight is 408 g/mol. The highest BCUT2D eigenvalue weighted by molar-refractivity contribution is 7.99. The van der Waals surface area contributed by atoms with Gasteiger partial charge in [0, 0.05) is 17.2 Å². The highest BCUT2D eigenvalue weighted by Crippen LogP contribution is 2.18. The molecule has 8 heteroatoms. The molecule has 0 bridgehead atoms. The summed E-state index contributed by atoms with van der Waals surface area (Å²) >= 11 is 1.60. The fraction of sp³-hybridized carbons (Fsp3) is 0.263. The topological polar surface area (TPSA) is 89.5 Å². The molecule has 0 fully saturated rings. The molecule has 0 aromatic heterocycles. The molecule has 0 spiro atoms. The molecule has 2 aromatic carbocycles. The summed E-state index contributed by atoms with van der Waals surface area (Å²) in [6.07, 6.45) is 0. The van der Waals surface area contributed by atoms with Crippen LogP contribution in [0.3, 0.4) is 0 Å². The number of hydrogen-bond donors (Lipinski definition) is 1. The lowest BCUT2D eigenvalue weighted by atomic mass is 10.2. The Morgan fingerprint density at radius 2 is 1.70 bits per heavy atom. The molecule has 6 nitrogen and oxygen atoms in total. The molecule has 0 atom stereocenters. The first-order chi connectivity index (χ1) is 12.9. The van der Waals surface area contributed by atoms with Crippen LogP contribution in [0.25, 0.3) is 0 Å². The van der Waals surface area contributed by atoms with Crippen molar-refractivity contribution in [2.75, 3.05) is 24.7 Å². The van der Waals surface area contributed by atoms with Gasteiger partial charge in [0.05, 0.1) is 16.2 Å². The van der Waals surface area contributed by atoms with E-state index < -0.39 is 28.3 Å². The normalized spacial score (nSPS) is 11.0. The molecule has 0 saturated heterocycles. The summed E-state index contributed by atoms with van der Waals surface area (Å²) in [5.41, 5.74) is -0.0632. The van der Waals surface area contributed by atoms with E-state index in [9.17, 15) is 18.0 Å². The second-order valence-electron chi connectivity index (χ2n) is 5.49. The van der Waals surface area contributed by atoms with Gasteiger partial charge in [-0.3, -0.25) is 4.79 Å². The number of sulfone groups is 1. The van der Waals surface area contributed by atoms with E-state index in [2.05, 4.69) is 5.32 Å². The number of esters is 1. The van der Waals surface area contributed by atoms with E-state index in [1.807, 2.05) is 30.3 Å². The molecule has 0 aliphatic heterocycles. The van der Waals surface area contributed by atoms with Gasteiger partial charge in [0.25, 0.3) is 5.91 Å². The molecule has 2 aromatic rings. The van der Waals surface area contributed by atoms with Gasteiger partial charge in [-0.05, 0) is 24.3 Å². The van der Waals surface area contributed by atoms with Crippen LogP contribution >= 0.6 is 11.8 Å². The smallest absolute Gasteiger partial charge is 0.339 e. The number of nitrogens with one attached hydrogen (secondary N) is 1. The van der Waals surface area contributed by atoms with Crippen LogP contribution in [0.5, 0.6) is 0 Å². The quantitative estimate of drug-likeness (QED) is 0.390. The average Bonchev–Trinajstić information content (AvgIpc) is 2.70. The fourth-order valence-corrected chi connectivity index (χ4v) is 4.07. The van der Waals surface area contributed by atoms with E-state index in [1.165, 1.54) is 25.1 Å². The summed E-state index contributed by atoms with van der Waals surface area (Å²) in [6, 6.07) is 15.6. The molecule has 2 rings (SSSR count). The molecule has 0 aliphatic carbocycles. The largest absolute Gasteiger partial charge is 0.452 e. The first-order valence-electron chi connectivity index (χ1n) is 8.37. The van der Waals surface area contributed by atoms with Crippen molar-refractivity contribution in [3.05, 3.63) is 60.2 Å². The van der Waals surface area contributed by atoms with E-state index in [0.29, 0.717) is 12.3 Å². The van der Waals surface area contributed by atoms with Crippen LogP contribution in [0.15, 0.2) is 64.4 Å². The van der Waals surface area contributed by atoms with Gasteiger partial charge in [0.15, 0.2) is 16.4 Å². The molecule has 0 heterocycles. The van der Waals surface area contributed by atoms with Crippen LogP contribution in [0.2, 0.25) is 0 Å².